The van der Waals surface area contributed by atoms with Crippen molar-refractivity contribution >= 4 is 32.7 Å². The Morgan fingerprint density at radius 3 is 2.61 bits per heavy atom. The Morgan fingerprint density at radius 1 is 1.25 bits per heavy atom. The molecule has 3 aromatic rings. The van der Waals surface area contributed by atoms with E-state index in [1.807, 2.05) is 50.6 Å². The van der Waals surface area contributed by atoms with Gasteiger partial charge in [-0.1, -0.05) is 15.9 Å². The number of carbonyl (C=O) groups is 1. The standard InChI is InChI=1S/C21H24BrN3O3/c1-11-5-13(3)24-21(28)17(11)8-23-20(27)16-6-15(22)7-18-19(16)12(2)9-25(18)14(4)10-26/h5-7,9,14,26H,8,10H2,1-4H3,(H,23,27)(H,24,28)/t14-/m0/s1. The molecule has 7 heteroatoms. The average molecular weight is 446 g/mol. The summed E-state index contributed by atoms with van der Waals surface area (Å²) in [6.45, 7) is 7.72. The maximum absolute atomic E-state index is 13.0. The van der Waals surface area contributed by atoms with Crippen molar-refractivity contribution in [3.63, 3.8) is 0 Å². The summed E-state index contributed by atoms with van der Waals surface area (Å²) in [5, 5.41) is 13.3. The topological polar surface area (TPSA) is 87.1 Å². The number of aromatic nitrogens is 2. The molecule has 1 amide bonds. The van der Waals surface area contributed by atoms with Gasteiger partial charge in [-0.3, -0.25) is 9.59 Å². The summed E-state index contributed by atoms with van der Waals surface area (Å²) in [6, 6.07) is 5.52. The van der Waals surface area contributed by atoms with Crippen molar-refractivity contribution in [2.75, 3.05) is 6.61 Å². The van der Waals surface area contributed by atoms with Gasteiger partial charge in [0.15, 0.2) is 0 Å². The van der Waals surface area contributed by atoms with Crippen molar-refractivity contribution in [2.24, 2.45) is 0 Å². The van der Waals surface area contributed by atoms with E-state index in [9.17, 15) is 14.7 Å². The van der Waals surface area contributed by atoms with Gasteiger partial charge in [0.1, 0.15) is 0 Å². The number of fused-ring (bicyclic) bond motifs is 1. The number of pyridine rings is 1. The Morgan fingerprint density at radius 2 is 1.96 bits per heavy atom. The summed E-state index contributed by atoms with van der Waals surface area (Å²) in [6.07, 6.45) is 1.95. The molecule has 6 nitrogen and oxygen atoms in total. The van der Waals surface area contributed by atoms with E-state index in [1.54, 1.807) is 6.07 Å². The highest BCUT2D eigenvalue weighted by atomic mass is 79.9. The zero-order valence-corrected chi connectivity index (χ0v) is 18.0. The van der Waals surface area contributed by atoms with Crippen LogP contribution in [0.25, 0.3) is 10.9 Å². The molecule has 0 aliphatic rings. The van der Waals surface area contributed by atoms with Gasteiger partial charge in [-0.05, 0) is 57.0 Å². The number of amides is 1. The van der Waals surface area contributed by atoms with Crippen molar-refractivity contribution in [3.05, 3.63) is 67.2 Å². The van der Waals surface area contributed by atoms with Gasteiger partial charge in [-0.2, -0.15) is 0 Å². The van der Waals surface area contributed by atoms with Crippen LogP contribution in [0.5, 0.6) is 0 Å². The molecule has 0 fully saturated rings. The van der Waals surface area contributed by atoms with Crippen molar-refractivity contribution in [1.82, 2.24) is 14.9 Å². The molecular formula is C21H24BrN3O3. The van der Waals surface area contributed by atoms with Crippen LogP contribution >= 0.6 is 15.9 Å². The molecule has 1 aromatic carbocycles. The summed E-state index contributed by atoms with van der Waals surface area (Å²) in [4.78, 5) is 27.9. The minimum absolute atomic E-state index is 0.00669. The van der Waals surface area contributed by atoms with Gasteiger partial charge in [-0.25, -0.2) is 0 Å². The van der Waals surface area contributed by atoms with E-state index < -0.39 is 0 Å². The molecule has 0 radical (unpaired) electrons. The molecule has 0 aliphatic carbocycles. The predicted octanol–water partition coefficient (Wildman–Crippen LogP) is 3.50. The Hall–Kier alpha value is -2.38. The lowest BCUT2D eigenvalue weighted by atomic mass is 10.1. The van der Waals surface area contributed by atoms with Crippen LogP contribution in [0.15, 0.2) is 33.7 Å². The van der Waals surface area contributed by atoms with Crippen LogP contribution in [0, 0.1) is 20.8 Å². The van der Waals surface area contributed by atoms with Crippen molar-refractivity contribution in [2.45, 2.75) is 40.3 Å². The summed E-state index contributed by atoms with van der Waals surface area (Å²) < 4.78 is 2.75. The van der Waals surface area contributed by atoms with E-state index in [-0.39, 0.29) is 30.7 Å². The third kappa shape index (κ3) is 3.77. The number of hydrogen-bond acceptors (Lipinski definition) is 3. The van der Waals surface area contributed by atoms with Crippen LogP contribution in [0.1, 0.15) is 45.7 Å². The number of benzene rings is 1. The zero-order valence-electron chi connectivity index (χ0n) is 16.4. The molecule has 2 heterocycles. The first-order valence-corrected chi connectivity index (χ1v) is 9.91. The molecule has 3 N–H and O–H groups in total. The largest absolute Gasteiger partial charge is 0.394 e. The number of nitrogens with zero attached hydrogens (tertiary/aromatic N) is 1. The summed E-state index contributed by atoms with van der Waals surface area (Å²) >= 11 is 3.48. The Balaban J connectivity index is 1.98. The van der Waals surface area contributed by atoms with E-state index in [2.05, 4.69) is 26.2 Å². The summed E-state index contributed by atoms with van der Waals surface area (Å²) in [7, 11) is 0. The third-order valence-corrected chi connectivity index (χ3v) is 5.45. The second kappa shape index (κ2) is 7.93. The van der Waals surface area contributed by atoms with E-state index in [4.69, 9.17) is 0 Å². The van der Waals surface area contributed by atoms with Crippen molar-refractivity contribution < 1.29 is 9.90 Å². The zero-order chi connectivity index (χ0) is 20.6. The minimum atomic E-state index is -0.247. The Kier molecular flexibility index (Phi) is 5.76. The number of rotatable bonds is 5. The monoisotopic (exact) mass is 445 g/mol. The molecule has 0 bridgehead atoms. The first-order chi connectivity index (χ1) is 13.2. The van der Waals surface area contributed by atoms with E-state index in [0.29, 0.717) is 11.1 Å². The first-order valence-electron chi connectivity index (χ1n) is 9.12. The van der Waals surface area contributed by atoms with Crippen molar-refractivity contribution in [3.8, 4) is 0 Å². The molecule has 1 atom stereocenters. The maximum Gasteiger partial charge on any atom is 0.253 e. The lowest BCUT2D eigenvalue weighted by molar-refractivity contribution is 0.0952. The molecule has 148 valence electrons. The average Bonchev–Trinajstić information content (AvgIpc) is 2.95. The molecule has 2 aromatic heterocycles. The number of halogens is 1. The first kappa shape index (κ1) is 20.4. The fourth-order valence-electron chi connectivity index (χ4n) is 3.55. The Labute approximate surface area is 171 Å². The highest BCUT2D eigenvalue weighted by Crippen LogP contribution is 2.31. The quantitative estimate of drug-likeness (QED) is 0.561. The molecule has 3 rings (SSSR count). The molecule has 0 unspecified atom stereocenters. The second-order valence-corrected chi connectivity index (χ2v) is 8.14. The van der Waals surface area contributed by atoms with Gasteiger partial charge in [0.25, 0.3) is 11.5 Å². The van der Waals surface area contributed by atoms with Gasteiger partial charge in [-0.15, -0.1) is 0 Å². The van der Waals surface area contributed by atoms with Crippen LogP contribution in [-0.2, 0) is 6.54 Å². The number of aryl methyl sites for hydroxylation is 3. The predicted molar refractivity (Wildman–Crippen MR) is 114 cm³/mol. The Bertz CT molecular complexity index is 1110. The molecule has 0 saturated carbocycles. The van der Waals surface area contributed by atoms with Gasteiger partial charge >= 0.3 is 0 Å². The number of aliphatic hydroxyl groups excluding tert-OH is 1. The van der Waals surface area contributed by atoms with Crippen LogP contribution in [0.3, 0.4) is 0 Å². The van der Waals surface area contributed by atoms with Gasteiger partial charge in [0.05, 0.1) is 23.7 Å². The smallest absolute Gasteiger partial charge is 0.253 e. The summed E-state index contributed by atoms with van der Waals surface area (Å²) in [5.74, 6) is -0.247. The molecule has 28 heavy (non-hydrogen) atoms. The fraction of sp³-hybridized carbons (Fsp3) is 0.333. The van der Waals surface area contributed by atoms with Crippen LogP contribution in [0.4, 0.5) is 0 Å². The molecular weight excluding hydrogens is 422 g/mol. The highest BCUT2D eigenvalue weighted by molar-refractivity contribution is 9.10. The number of aromatic amines is 1. The second-order valence-electron chi connectivity index (χ2n) is 7.22. The van der Waals surface area contributed by atoms with Gasteiger partial charge in [0.2, 0.25) is 0 Å². The van der Waals surface area contributed by atoms with E-state index >= 15 is 0 Å². The molecule has 0 aliphatic heterocycles. The number of aliphatic hydroxyl groups is 1. The number of H-pyrrole nitrogens is 1. The highest BCUT2D eigenvalue weighted by Gasteiger charge is 2.19. The molecule has 0 saturated heterocycles. The van der Waals surface area contributed by atoms with Crippen molar-refractivity contribution in [1.29, 1.82) is 0 Å². The van der Waals surface area contributed by atoms with E-state index in [0.717, 1.165) is 32.2 Å². The normalized spacial score (nSPS) is 12.4. The number of nitrogens with one attached hydrogen (secondary N) is 2. The number of carbonyl (C=O) groups excluding carboxylic acids is 1. The van der Waals surface area contributed by atoms with Gasteiger partial charge < -0.3 is 20.0 Å². The van der Waals surface area contributed by atoms with Crippen LogP contribution in [-0.4, -0.2) is 27.2 Å². The lowest BCUT2D eigenvalue weighted by Gasteiger charge is -2.13. The maximum atomic E-state index is 13.0. The third-order valence-electron chi connectivity index (χ3n) is 4.99. The molecule has 0 spiro atoms. The number of hydrogen-bond donors (Lipinski definition) is 3. The van der Waals surface area contributed by atoms with Crippen LogP contribution in [0.2, 0.25) is 0 Å². The SMILES string of the molecule is Cc1cc(C)c(CNC(=O)c2cc(Br)cc3c2c(C)cn3[C@@H](C)CO)c(=O)[nH]1. The minimum Gasteiger partial charge on any atom is -0.394 e. The summed E-state index contributed by atoms with van der Waals surface area (Å²) in [5.41, 5.74) is 4.37. The van der Waals surface area contributed by atoms with Gasteiger partial charge in [0, 0.05) is 33.9 Å². The fourth-order valence-corrected chi connectivity index (χ4v) is 4.00. The van der Waals surface area contributed by atoms with Crippen LogP contribution < -0.4 is 10.9 Å². The lowest BCUT2D eigenvalue weighted by Crippen LogP contribution is -2.28. The van der Waals surface area contributed by atoms with E-state index in [1.165, 1.54) is 0 Å².